The maximum absolute atomic E-state index is 13.4. The molecule has 1 aromatic carbocycles. The Bertz CT molecular complexity index is 810. The van der Waals surface area contributed by atoms with Crippen LogP contribution in [0.25, 0.3) is 11.1 Å². The number of rotatable bonds is 5. The van der Waals surface area contributed by atoms with Gasteiger partial charge in [-0.25, -0.2) is 0 Å². The first-order valence-electron chi connectivity index (χ1n) is 10.7. The molecule has 2 aliphatic rings. The van der Waals surface area contributed by atoms with Crippen molar-refractivity contribution in [2.24, 2.45) is 5.41 Å². The van der Waals surface area contributed by atoms with Crippen molar-refractivity contribution in [2.45, 2.75) is 57.1 Å². The molecular formula is C24H30N2O3. The minimum Gasteiger partial charge on any atom is -0.393 e. The van der Waals surface area contributed by atoms with E-state index in [2.05, 4.69) is 34.6 Å². The van der Waals surface area contributed by atoms with Gasteiger partial charge in [0.2, 0.25) is 5.91 Å². The fourth-order valence-corrected chi connectivity index (χ4v) is 4.60. The average Bonchev–Trinajstić information content (AvgIpc) is 2.77. The molecule has 29 heavy (non-hydrogen) atoms. The Labute approximate surface area is 172 Å². The summed E-state index contributed by atoms with van der Waals surface area (Å²) in [5.41, 5.74) is 3.03. The molecule has 1 amide bonds. The molecule has 5 nitrogen and oxygen atoms in total. The van der Waals surface area contributed by atoms with Gasteiger partial charge in [0.25, 0.3) is 0 Å². The van der Waals surface area contributed by atoms with Gasteiger partial charge >= 0.3 is 0 Å². The summed E-state index contributed by atoms with van der Waals surface area (Å²) in [7, 11) is 0. The first-order valence-corrected chi connectivity index (χ1v) is 10.7. The number of pyridine rings is 1. The smallest absolute Gasteiger partial charge is 0.226 e. The zero-order chi connectivity index (χ0) is 20.1. The highest BCUT2D eigenvalue weighted by Crippen LogP contribution is 2.36. The van der Waals surface area contributed by atoms with Crippen molar-refractivity contribution in [3.05, 3.63) is 54.4 Å². The van der Waals surface area contributed by atoms with E-state index in [1.54, 1.807) is 12.4 Å². The van der Waals surface area contributed by atoms with E-state index in [1.165, 1.54) is 5.56 Å². The molecule has 2 heterocycles. The van der Waals surface area contributed by atoms with Crippen LogP contribution >= 0.6 is 0 Å². The topological polar surface area (TPSA) is 71.5 Å². The molecule has 2 aromatic rings. The standard InChI is InChI=1S/C24H30N2O3/c27-22-6-4-21(5-7-22)26-23(28)24(10-14-29-15-11-24)17-18-2-1-3-20(16-18)19-8-12-25-13-9-19/h1-3,8-9,12-13,16,21-22,27H,4-7,10-11,14-15,17H2,(H,26,28). The van der Waals surface area contributed by atoms with Crippen molar-refractivity contribution >= 4 is 5.91 Å². The van der Waals surface area contributed by atoms with E-state index in [-0.39, 0.29) is 18.1 Å². The van der Waals surface area contributed by atoms with Crippen molar-refractivity contribution in [3.63, 3.8) is 0 Å². The molecule has 1 aromatic heterocycles. The SMILES string of the molecule is O=C(NC1CCC(O)CC1)C1(Cc2cccc(-c3ccncc3)c2)CCOCC1. The van der Waals surface area contributed by atoms with Gasteiger partial charge in [0.1, 0.15) is 0 Å². The van der Waals surface area contributed by atoms with Crippen LogP contribution in [0.1, 0.15) is 44.1 Å². The maximum Gasteiger partial charge on any atom is 0.226 e. The number of nitrogens with zero attached hydrogens (tertiary/aromatic N) is 1. The molecule has 0 unspecified atom stereocenters. The third-order valence-electron chi connectivity index (χ3n) is 6.45. The van der Waals surface area contributed by atoms with E-state index in [9.17, 15) is 9.90 Å². The predicted octanol–water partition coefficient (Wildman–Crippen LogP) is 3.51. The molecule has 2 N–H and O–H groups in total. The summed E-state index contributed by atoms with van der Waals surface area (Å²) in [5.74, 6) is 0.150. The molecule has 1 aliphatic carbocycles. The van der Waals surface area contributed by atoms with Crippen molar-refractivity contribution in [1.29, 1.82) is 0 Å². The van der Waals surface area contributed by atoms with Crippen molar-refractivity contribution in [1.82, 2.24) is 10.3 Å². The quantitative estimate of drug-likeness (QED) is 0.814. The van der Waals surface area contributed by atoms with Gasteiger partial charge in [-0.1, -0.05) is 24.3 Å². The Hall–Kier alpha value is -2.24. The Kier molecular flexibility index (Phi) is 6.26. The van der Waals surface area contributed by atoms with Gasteiger partial charge in [0, 0.05) is 31.6 Å². The number of carbonyl (C=O) groups is 1. The number of nitrogens with one attached hydrogen (secondary N) is 1. The van der Waals surface area contributed by atoms with Gasteiger partial charge in [-0.05, 0) is 73.8 Å². The molecule has 1 saturated heterocycles. The second-order valence-corrected chi connectivity index (χ2v) is 8.48. The number of ether oxygens (including phenoxy) is 1. The second-order valence-electron chi connectivity index (χ2n) is 8.48. The molecule has 5 heteroatoms. The van der Waals surface area contributed by atoms with Crippen LogP contribution in [0.4, 0.5) is 0 Å². The van der Waals surface area contributed by atoms with Crippen LogP contribution in [0.3, 0.4) is 0 Å². The summed E-state index contributed by atoms with van der Waals surface area (Å²) < 4.78 is 5.59. The Morgan fingerprint density at radius 2 is 1.79 bits per heavy atom. The van der Waals surface area contributed by atoms with Crippen LogP contribution in [0, 0.1) is 5.41 Å². The molecule has 0 bridgehead atoms. The first-order chi connectivity index (χ1) is 14.1. The normalized spacial score (nSPS) is 24.0. The van der Waals surface area contributed by atoms with Crippen molar-refractivity contribution < 1.29 is 14.6 Å². The maximum atomic E-state index is 13.4. The monoisotopic (exact) mass is 394 g/mol. The fourth-order valence-electron chi connectivity index (χ4n) is 4.60. The number of carbonyl (C=O) groups excluding carboxylic acids is 1. The average molecular weight is 395 g/mol. The zero-order valence-electron chi connectivity index (χ0n) is 16.8. The van der Waals surface area contributed by atoms with Crippen molar-refractivity contribution in [2.75, 3.05) is 13.2 Å². The fraction of sp³-hybridized carbons (Fsp3) is 0.500. The van der Waals surface area contributed by atoms with Crippen LogP contribution in [0.15, 0.2) is 48.8 Å². The Balaban J connectivity index is 1.52. The minimum atomic E-state index is -0.425. The van der Waals surface area contributed by atoms with Crippen molar-refractivity contribution in [3.8, 4) is 11.1 Å². The predicted molar refractivity (Wildman–Crippen MR) is 112 cm³/mol. The molecule has 0 spiro atoms. The van der Waals surface area contributed by atoms with Gasteiger partial charge in [-0.15, -0.1) is 0 Å². The van der Waals surface area contributed by atoms with Crippen LogP contribution in [0.5, 0.6) is 0 Å². The van der Waals surface area contributed by atoms with E-state index in [0.29, 0.717) is 13.2 Å². The van der Waals surface area contributed by atoms with Gasteiger partial charge < -0.3 is 15.2 Å². The molecule has 0 radical (unpaired) electrons. The molecule has 4 rings (SSSR count). The number of aliphatic hydroxyl groups excluding tert-OH is 1. The number of hydrogen-bond donors (Lipinski definition) is 2. The van der Waals surface area contributed by atoms with Gasteiger partial charge in [-0.2, -0.15) is 0 Å². The molecular weight excluding hydrogens is 364 g/mol. The summed E-state index contributed by atoms with van der Waals surface area (Å²) >= 11 is 0. The lowest BCUT2D eigenvalue weighted by Gasteiger charge is -2.38. The van der Waals surface area contributed by atoms with Gasteiger partial charge in [0.05, 0.1) is 11.5 Å². The number of benzene rings is 1. The molecule has 2 fully saturated rings. The van der Waals surface area contributed by atoms with E-state index in [4.69, 9.17) is 4.74 Å². The lowest BCUT2D eigenvalue weighted by atomic mass is 9.73. The lowest BCUT2D eigenvalue weighted by molar-refractivity contribution is -0.137. The lowest BCUT2D eigenvalue weighted by Crippen LogP contribution is -2.50. The Morgan fingerprint density at radius 1 is 1.07 bits per heavy atom. The summed E-state index contributed by atoms with van der Waals surface area (Å²) in [5, 5.41) is 13.0. The molecule has 0 atom stereocenters. The first kappa shape index (κ1) is 20.0. The summed E-state index contributed by atoms with van der Waals surface area (Å²) in [6.07, 6.45) is 8.86. The third-order valence-corrected chi connectivity index (χ3v) is 6.45. The highest BCUT2D eigenvalue weighted by molar-refractivity contribution is 5.83. The van der Waals surface area contributed by atoms with Crippen LogP contribution in [-0.4, -0.2) is 41.4 Å². The number of aliphatic hydroxyl groups is 1. The molecule has 1 aliphatic heterocycles. The Morgan fingerprint density at radius 3 is 2.52 bits per heavy atom. The van der Waals surface area contributed by atoms with Crippen LogP contribution in [0.2, 0.25) is 0 Å². The summed E-state index contributed by atoms with van der Waals surface area (Å²) in [4.78, 5) is 17.5. The van der Waals surface area contributed by atoms with E-state index < -0.39 is 5.41 Å². The highest BCUT2D eigenvalue weighted by Gasteiger charge is 2.41. The van der Waals surface area contributed by atoms with E-state index in [0.717, 1.165) is 56.1 Å². The zero-order valence-corrected chi connectivity index (χ0v) is 16.8. The number of amides is 1. The van der Waals surface area contributed by atoms with Gasteiger partial charge in [0.15, 0.2) is 0 Å². The molecule has 1 saturated carbocycles. The largest absolute Gasteiger partial charge is 0.393 e. The highest BCUT2D eigenvalue weighted by atomic mass is 16.5. The van der Waals surface area contributed by atoms with Gasteiger partial charge in [-0.3, -0.25) is 9.78 Å². The minimum absolute atomic E-state index is 0.150. The summed E-state index contributed by atoms with van der Waals surface area (Å²) in [6.45, 7) is 1.25. The van der Waals surface area contributed by atoms with E-state index >= 15 is 0 Å². The molecule has 154 valence electrons. The number of hydrogen-bond acceptors (Lipinski definition) is 4. The summed E-state index contributed by atoms with van der Waals surface area (Å²) in [6, 6.07) is 12.7. The van der Waals surface area contributed by atoms with E-state index in [1.807, 2.05) is 12.1 Å². The van der Waals surface area contributed by atoms with Crippen LogP contribution < -0.4 is 5.32 Å². The number of aromatic nitrogens is 1. The van der Waals surface area contributed by atoms with Crippen LogP contribution in [-0.2, 0) is 16.0 Å². The third kappa shape index (κ3) is 4.85. The second kappa shape index (κ2) is 9.06.